The molecule has 0 atom stereocenters. The van der Waals surface area contributed by atoms with Crippen molar-refractivity contribution in [2.24, 2.45) is 10.2 Å². The van der Waals surface area contributed by atoms with E-state index in [-0.39, 0.29) is 12.0 Å². The minimum atomic E-state index is -0.258. The number of amides is 2. The van der Waals surface area contributed by atoms with Gasteiger partial charge in [-0.05, 0) is 36.2 Å². The summed E-state index contributed by atoms with van der Waals surface area (Å²) in [4.78, 5) is 27.5. The van der Waals surface area contributed by atoms with Gasteiger partial charge in [0.15, 0.2) is 11.2 Å². The summed E-state index contributed by atoms with van der Waals surface area (Å²) in [5.41, 5.74) is 3.70. The van der Waals surface area contributed by atoms with Gasteiger partial charge in [0.2, 0.25) is 5.88 Å². The maximum atomic E-state index is 11.8. The van der Waals surface area contributed by atoms with Gasteiger partial charge in [0, 0.05) is 56.1 Å². The van der Waals surface area contributed by atoms with Gasteiger partial charge in [-0.3, -0.25) is 0 Å². The number of hydrogen-bond donors (Lipinski definition) is 2. The minimum Gasteiger partial charge on any atom is -0.471 e. The van der Waals surface area contributed by atoms with Crippen molar-refractivity contribution < 1.29 is 9.53 Å². The number of benzene rings is 2. The van der Waals surface area contributed by atoms with Gasteiger partial charge >= 0.3 is 6.03 Å². The fourth-order valence-corrected chi connectivity index (χ4v) is 4.53. The fraction of sp³-hybridized carbons (Fsp3) is 0.357. The minimum absolute atomic E-state index is 0.140. The van der Waals surface area contributed by atoms with Crippen LogP contribution in [-0.4, -0.2) is 69.4 Å². The highest BCUT2D eigenvalue weighted by molar-refractivity contribution is 6.18. The van der Waals surface area contributed by atoms with Gasteiger partial charge in [0.25, 0.3) is 5.95 Å². The van der Waals surface area contributed by atoms with Crippen LogP contribution < -0.4 is 20.3 Å². The summed E-state index contributed by atoms with van der Waals surface area (Å²) in [6, 6.07) is 17.1. The Kier molecular flexibility index (Phi) is 12.4. The van der Waals surface area contributed by atoms with Gasteiger partial charge in [-0.1, -0.05) is 30.3 Å². The monoisotopic (exact) mass is 631 g/mol. The zero-order valence-corrected chi connectivity index (χ0v) is 25.2. The molecule has 0 aliphatic carbocycles. The molecule has 42 heavy (non-hydrogen) atoms. The predicted molar refractivity (Wildman–Crippen MR) is 167 cm³/mol. The van der Waals surface area contributed by atoms with E-state index in [9.17, 15) is 4.79 Å². The van der Waals surface area contributed by atoms with E-state index >= 15 is 0 Å². The third-order valence-electron chi connectivity index (χ3n) is 6.06. The summed E-state index contributed by atoms with van der Waals surface area (Å²) in [5.74, 6) is 1.81. The Morgan fingerprint density at radius 3 is 2.36 bits per heavy atom. The molecule has 2 aromatic heterocycles. The van der Waals surface area contributed by atoms with E-state index in [1.165, 1.54) is 0 Å². The molecule has 222 valence electrons. The Labute approximate surface area is 259 Å². The largest absolute Gasteiger partial charge is 0.471 e. The quantitative estimate of drug-likeness (QED) is 0.0883. The van der Waals surface area contributed by atoms with Gasteiger partial charge in [0.05, 0.1) is 12.0 Å². The van der Waals surface area contributed by atoms with Crippen LogP contribution in [0, 0.1) is 0 Å². The zero-order valence-electron chi connectivity index (χ0n) is 22.9. The molecule has 0 aliphatic heterocycles. The molecule has 4 rings (SSSR count). The van der Waals surface area contributed by atoms with E-state index in [2.05, 4.69) is 40.7 Å². The molecular weight excluding hydrogens is 601 g/mol. The highest BCUT2D eigenvalue weighted by Gasteiger charge is 2.15. The average molecular weight is 633 g/mol. The Morgan fingerprint density at radius 1 is 0.905 bits per heavy atom. The first-order valence-electron chi connectivity index (χ1n) is 13.5. The van der Waals surface area contributed by atoms with Crippen LogP contribution in [0.2, 0.25) is 0 Å². The number of nitrogens with one attached hydrogen (secondary N) is 2. The number of rotatable bonds is 16. The number of nitrogens with zero attached hydrogens (tertiary/aromatic N) is 7. The average Bonchev–Trinajstić information content (AvgIpc) is 3.43. The summed E-state index contributed by atoms with van der Waals surface area (Å²) < 4.78 is 7.94. The molecule has 0 spiro atoms. The molecule has 11 nitrogen and oxygen atoms in total. The lowest BCUT2D eigenvalue weighted by molar-refractivity contribution is 0.241. The van der Waals surface area contributed by atoms with Gasteiger partial charge in [-0.2, -0.15) is 9.97 Å². The van der Waals surface area contributed by atoms with Crippen LogP contribution in [0.1, 0.15) is 12.0 Å². The van der Waals surface area contributed by atoms with Crippen molar-refractivity contribution >= 4 is 69.3 Å². The Balaban J connectivity index is 1.52. The third-order valence-corrected chi connectivity index (χ3v) is 6.59. The van der Waals surface area contributed by atoms with Gasteiger partial charge in [-0.25, -0.2) is 9.78 Å². The van der Waals surface area contributed by atoms with Crippen molar-refractivity contribution in [1.29, 1.82) is 0 Å². The first kappa shape index (κ1) is 31.3. The second-order valence-electron chi connectivity index (χ2n) is 9.02. The van der Waals surface area contributed by atoms with Gasteiger partial charge < -0.3 is 24.8 Å². The molecule has 4 aromatic rings. The van der Waals surface area contributed by atoms with Crippen LogP contribution in [0.4, 0.5) is 22.1 Å². The van der Waals surface area contributed by atoms with Crippen molar-refractivity contribution in [1.82, 2.24) is 30.2 Å². The van der Waals surface area contributed by atoms with E-state index in [1.54, 1.807) is 6.33 Å². The van der Waals surface area contributed by atoms with E-state index < -0.39 is 0 Å². The van der Waals surface area contributed by atoms with Crippen molar-refractivity contribution in [2.75, 3.05) is 48.7 Å². The van der Waals surface area contributed by atoms with Crippen molar-refractivity contribution in [3.8, 4) is 5.88 Å². The van der Waals surface area contributed by atoms with Crippen LogP contribution in [0.15, 0.2) is 71.2 Å². The number of halogens is 3. The third kappa shape index (κ3) is 9.17. The summed E-state index contributed by atoms with van der Waals surface area (Å²) in [6.45, 7) is 3.12. The predicted octanol–water partition coefficient (Wildman–Crippen LogP) is 6.03. The lowest BCUT2D eigenvalue weighted by Crippen LogP contribution is -2.37. The molecule has 0 saturated carbocycles. The summed E-state index contributed by atoms with van der Waals surface area (Å²) >= 11 is 17.5. The SMILES string of the molecule is O=C(NCCCl)NCCCn1cnc2c(OCc3ccccc3)nc(/N=N/c3ccc(N(CCCl)CCCl)cc3)nc21. The molecule has 0 unspecified atom stereocenters. The zero-order chi connectivity index (χ0) is 29.6. The topological polar surface area (TPSA) is 122 Å². The Bertz CT molecular complexity index is 1430. The van der Waals surface area contributed by atoms with Gasteiger partial charge in [-0.15, -0.1) is 45.0 Å². The second kappa shape index (κ2) is 16.7. The molecule has 2 amide bonds. The highest BCUT2D eigenvalue weighted by Crippen LogP contribution is 2.27. The molecule has 0 saturated heterocycles. The standard InChI is InChI=1S/C28H32Cl3N9O2/c29-11-15-33-28(41)32-14-4-16-40-20-34-24-25(40)35-27(36-26(24)42-19-21-5-2-1-3-6-21)38-37-22-7-9-23(10-8-22)39(17-12-30)18-13-31/h1-3,5-10,20H,4,11-19H2,(H2,32,33,41)/b38-37+. The summed E-state index contributed by atoms with van der Waals surface area (Å²) in [6.07, 6.45) is 2.33. The Hall–Kier alpha value is -3.67. The molecule has 0 fully saturated rings. The number of alkyl halides is 3. The van der Waals surface area contributed by atoms with Crippen LogP contribution in [0.5, 0.6) is 5.88 Å². The molecule has 2 aromatic carbocycles. The van der Waals surface area contributed by atoms with E-state index in [0.29, 0.717) is 86.1 Å². The number of carbonyl (C=O) groups excluding carboxylic acids is 1. The normalized spacial score (nSPS) is 11.2. The number of anilines is 1. The molecule has 14 heteroatoms. The number of hydrogen-bond acceptors (Lipinski definition) is 8. The maximum absolute atomic E-state index is 11.8. The highest BCUT2D eigenvalue weighted by atomic mass is 35.5. The van der Waals surface area contributed by atoms with Crippen LogP contribution >= 0.6 is 34.8 Å². The number of fused-ring (bicyclic) bond motifs is 1. The first-order chi connectivity index (χ1) is 20.6. The van der Waals surface area contributed by atoms with Crippen molar-refractivity contribution in [3.63, 3.8) is 0 Å². The first-order valence-corrected chi connectivity index (χ1v) is 15.1. The van der Waals surface area contributed by atoms with Crippen molar-refractivity contribution in [2.45, 2.75) is 19.6 Å². The number of aryl methyl sites for hydroxylation is 1. The number of azo groups is 1. The van der Waals surface area contributed by atoms with E-state index in [0.717, 1.165) is 11.3 Å². The van der Waals surface area contributed by atoms with Crippen LogP contribution in [0.3, 0.4) is 0 Å². The number of imidazole rings is 1. The lowest BCUT2D eigenvalue weighted by Gasteiger charge is -2.22. The maximum Gasteiger partial charge on any atom is 0.314 e. The van der Waals surface area contributed by atoms with Crippen molar-refractivity contribution in [3.05, 3.63) is 66.5 Å². The number of aromatic nitrogens is 4. The van der Waals surface area contributed by atoms with Gasteiger partial charge in [0.1, 0.15) is 6.61 Å². The molecule has 0 radical (unpaired) electrons. The Morgan fingerprint density at radius 2 is 1.64 bits per heavy atom. The summed E-state index contributed by atoms with van der Waals surface area (Å²) in [7, 11) is 0. The second-order valence-corrected chi connectivity index (χ2v) is 10.2. The lowest BCUT2D eigenvalue weighted by atomic mass is 10.2. The number of urea groups is 1. The molecule has 0 aliphatic rings. The fourth-order valence-electron chi connectivity index (χ4n) is 4.02. The smallest absolute Gasteiger partial charge is 0.314 e. The van der Waals surface area contributed by atoms with Crippen LogP contribution in [0.25, 0.3) is 11.2 Å². The number of carbonyl (C=O) groups is 1. The van der Waals surface area contributed by atoms with Crippen LogP contribution in [-0.2, 0) is 13.2 Å². The summed E-state index contributed by atoms with van der Waals surface area (Å²) in [5, 5.41) is 14.1. The van der Waals surface area contributed by atoms with E-state index in [4.69, 9.17) is 39.5 Å². The van der Waals surface area contributed by atoms with E-state index in [1.807, 2.05) is 59.2 Å². The molecule has 2 heterocycles. The number of ether oxygens (including phenoxy) is 1. The molecule has 0 bridgehead atoms. The molecule has 2 N–H and O–H groups in total. The molecular formula is C28H32Cl3N9O2.